The molecule has 0 amide bonds. The summed E-state index contributed by atoms with van der Waals surface area (Å²) in [4.78, 5) is 15.0. The van der Waals surface area contributed by atoms with E-state index >= 15 is 0 Å². The van der Waals surface area contributed by atoms with Gasteiger partial charge in [-0.2, -0.15) is 0 Å². The number of nitrogens with one attached hydrogen (secondary N) is 1. The number of nitrogens with zero attached hydrogens (tertiary/aromatic N) is 2. The highest BCUT2D eigenvalue weighted by molar-refractivity contribution is 7.94. The molecule has 0 bridgehead atoms. The van der Waals surface area contributed by atoms with Gasteiger partial charge in [-0.25, -0.2) is 18.2 Å². The number of hydrogen-bond donors (Lipinski definition) is 1. The minimum atomic E-state index is -3.92. The fourth-order valence-electron chi connectivity index (χ4n) is 1.12. The van der Waals surface area contributed by atoms with Crippen LogP contribution in [0.4, 0.5) is 5.69 Å². The number of thiazole rings is 1. The third-order valence-electron chi connectivity index (χ3n) is 1.84. The second-order valence-corrected chi connectivity index (χ2v) is 5.73. The number of ether oxygens (including phenoxy) is 1. The maximum Gasteiger partial charge on any atom is 0.358 e. The molecule has 0 aliphatic carbocycles. The molecule has 1 N–H and O–H groups in total. The maximum absolute atomic E-state index is 12.0. The Morgan fingerprint density at radius 2 is 2.33 bits per heavy atom. The number of esters is 1. The summed E-state index contributed by atoms with van der Waals surface area (Å²) in [5.74, 6) is -0.818. The monoisotopic (exact) mass is 289 g/mol. The van der Waals surface area contributed by atoms with Gasteiger partial charge in [-0.05, 0) is 0 Å². The summed E-state index contributed by atoms with van der Waals surface area (Å²) in [6.07, 6.45) is 2.31. The number of anilines is 1. The lowest BCUT2D eigenvalue weighted by molar-refractivity contribution is 0.0590. The summed E-state index contributed by atoms with van der Waals surface area (Å²) in [5.41, 5.74) is 1.14. The molecular weight excluding hydrogens is 282 g/mol. The average molecular weight is 289 g/mol. The molecule has 18 heavy (non-hydrogen) atoms. The van der Waals surface area contributed by atoms with E-state index in [9.17, 15) is 13.2 Å². The number of rotatable bonds is 4. The van der Waals surface area contributed by atoms with Gasteiger partial charge in [-0.15, -0.1) is 11.3 Å². The van der Waals surface area contributed by atoms with Gasteiger partial charge < -0.3 is 9.26 Å². The van der Waals surface area contributed by atoms with Gasteiger partial charge in [0.2, 0.25) is 0 Å². The van der Waals surface area contributed by atoms with Crippen LogP contribution in [0.2, 0.25) is 0 Å². The first-order valence-corrected chi connectivity index (χ1v) is 6.85. The Kier molecular flexibility index (Phi) is 3.30. The van der Waals surface area contributed by atoms with E-state index in [1.807, 2.05) is 0 Å². The minimum Gasteiger partial charge on any atom is -0.464 e. The molecule has 0 atom stereocenters. The molecule has 0 spiro atoms. The van der Waals surface area contributed by atoms with Gasteiger partial charge in [0.05, 0.1) is 18.8 Å². The maximum atomic E-state index is 12.0. The molecule has 0 aromatic carbocycles. The lowest BCUT2D eigenvalue weighted by Gasteiger charge is -2.03. The van der Waals surface area contributed by atoms with Crippen LogP contribution < -0.4 is 4.72 Å². The Bertz CT molecular complexity index is 646. The molecule has 2 aromatic rings. The number of sulfonamides is 1. The summed E-state index contributed by atoms with van der Waals surface area (Å²) in [6.45, 7) is 0. The van der Waals surface area contributed by atoms with Gasteiger partial charge in [-0.3, -0.25) is 4.72 Å². The van der Waals surface area contributed by atoms with Crippen molar-refractivity contribution in [1.82, 2.24) is 10.1 Å². The Labute approximate surface area is 106 Å². The van der Waals surface area contributed by atoms with Crippen molar-refractivity contribution in [2.45, 2.75) is 4.21 Å². The zero-order valence-corrected chi connectivity index (χ0v) is 10.6. The summed E-state index contributed by atoms with van der Waals surface area (Å²) in [7, 11) is -2.78. The van der Waals surface area contributed by atoms with Gasteiger partial charge in [0.15, 0.2) is 9.90 Å². The van der Waals surface area contributed by atoms with Crippen molar-refractivity contribution in [3.05, 3.63) is 23.7 Å². The average Bonchev–Trinajstić information content (AvgIpc) is 2.97. The van der Waals surface area contributed by atoms with Crippen molar-refractivity contribution < 1.29 is 22.5 Å². The summed E-state index contributed by atoms with van der Waals surface area (Å²) in [5, 5.41) is 3.36. The van der Waals surface area contributed by atoms with Gasteiger partial charge in [0.25, 0.3) is 10.0 Å². The van der Waals surface area contributed by atoms with Crippen molar-refractivity contribution in [2.24, 2.45) is 0 Å². The van der Waals surface area contributed by atoms with Crippen LogP contribution in [-0.2, 0) is 14.8 Å². The number of aromatic nitrogens is 2. The van der Waals surface area contributed by atoms with Crippen molar-refractivity contribution >= 4 is 33.0 Å². The molecule has 0 aliphatic rings. The molecule has 0 unspecified atom stereocenters. The molecule has 0 saturated heterocycles. The third kappa shape index (κ3) is 2.33. The molecule has 0 fully saturated rings. The van der Waals surface area contributed by atoms with Crippen LogP contribution in [0.5, 0.6) is 0 Å². The van der Waals surface area contributed by atoms with E-state index in [1.54, 1.807) is 0 Å². The Hall–Kier alpha value is -1.94. The predicted molar refractivity (Wildman–Crippen MR) is 60.8 cm³/mol. The van der Waals surface area contributed by atoms with E-state index in [2.05, 4.69) is 24.1 Å². The van der Waals surface area contributed by atoms with Crippen LogP contribution in [0.15, 0.2) is 26.7 Å². The van der Waals surface area contributed by atoms with Crippen LogP contribution >= 0.6 is 11.3 Å². The van der Waals surface area contributed by atoms with E-state index in [0.29, 0.717) is 0 Å². The molecule has 2 heterocycles. The third-order valence-corrected chi connectivity index (χ3v) is 4.59. The van der Waals surface area contributed by atoms with Crippen LogP contribution in [0.1, 0.15) is 10.5 Å². The van der Waals surface area contributed by atoms with E-state index in [-0.39, 0.29) is 15.6 Å². The predicted octanol–water partition coefficient (Wildman–Crippen LogP) is 0.718. The lowest BCUT2D eigenvalue weighted by atomic mass is 10.5. The fourth-order valence-corrected chi connectivity index (χ4v) is 3.27. The quantitative estimate of drug-likeness (QED) is 0.825. The second kappa shape index (κ2) is 4.74. The zero-order chi connectivity index (χ0) is 13.2. The number of carbonyl (C=O) groups excluding carboxylic acids is 1. The molecule has 8 nitrogen and oxygen atoms in total. The van der Waals surface area contributed by atoms with Crippen LogP contribution in [0.25, 0.3) is 0 Å². The SMILES string of the molecule is COC(=O)c1ncsc1S(=O)(=O)Nc1cnoc1. The number of hydrogen-bond acceptors (Lipinski definition) is 8. The largest absolute Gasteiger partial charge is 0.464 e. The fraction of sp³-hybridized carbons (Fsp3) is 0.125. The Balaban J connectivity index is 2.36. The first-order valence-electron chi connectivity index (χ1n) is 4.48. The van der Waals surface area contributed by atoms with Crippen LogP contribution in [0.3, 0.4) is 0 Å². The Morgan fingerprint density at radius 1 is 1.56 bits per heavy atom. The minimum absolute atomic E-state index is 0.152. The summed E-state index contributed by atoms with van der Waals surface area (Å²) < 4.78 is 34.9. The summed E-state index contributed by atoms with van der Waals surface area (Å²) in [6, 6.07) is 0. The van der Waals surface area contributed by atoms with Crippen molar-refractivity contribution in [3.8, 4) is 0 Å². The molecule has 10 heteroatoms. The molecule has 0 radical (unpaired) electrons. The van der Waals surface area contributed by atoms with Gasteiger partial charge >= 0.3 is 5.97 Å². The molecule has 0 aliphatic heterocycles. The van der Waals surface area contributed by atoms with Crippen LogP contribution in [0, 0.1) is 0 Å². The highest BCUT2D eigenvalue weighted by Crippen LogP contribution is 2.23. The van der Waals surface area contributed by atoms with E-state index in [4.69, 9.17) is 0 Å². The number of carbonyl (C=O) groups is 1. The van der Waals surface area contributed by atoms with Crippen molar-refractivity contribution in [1.29, 1.82) is 0 Å². The normalized spacial score (nSPS) is 11.2. The first-order chi connectivity index (χ1) is 8.54. The standard InChI is InChI=1S/C8H7N3O5S2/c1-15-7(12)6-8(17-4-9-6)18(13,14)11-5-2-10-16-3-5/h2-4,11H,1H3. The molecule has 96 valence electrons. The van der Waals surface area contributed by atoms with Gasteiger partial charge in [-0.1, -0.05) is 5.16 Å². The summed E-state index contributed by atoms with van der Waals surface area (Å²) >= 11 is 0.809. The highest BCUT2D eigenvalue weighted by atomic mass is 32.2. The van der Waals surface area contributed by atoms with Gasteiger partial charge in [0.1, 0.15) is 12.0 Å². The Morgan fingerprint density at radius 3 is 2.94 bits per heavy atom. The van der Waals surface area contributed by atoms with E-state index < -0.39 is 16.0 Å². The topological polar surface area (TPSA) is 111 Å². The molecule has 2 rings (SSSR count). The second-order valence-electron chi connectivity index (χ2n) is 3.00. The van der Waals surface area contributed by atoms with E-state index in [0.717, 1.165) is 24.7 Å². The van der Waals surface area contributed by atoms with Gasteiger partial charge in [0, 0.05) is 0 Å². The molecule has 0 saturated carbocycles. The van der Waals surface area contributed by atoms with E-state index in [1.165, 1.54) is 11.7 Å². The van der Waals surface area contributed by atoms with Crippen LogP contribution in [-0.4, -0.2) is 31.6 Å². The number of methoxy groups -OCH3 is 1. The van der Waals surface area contributed by atoms with Crippen molar-refractivity contribution in [2.75, 3.05) is 11.8 Å². The zero-order valence-electron chi connectivity index (χ0n) is 8.98. The highest BCUT2D eigenvalue weighted by Gasteiger charge is 2.26. The molecular formula is C8H7N3O5S2. The van der Waals surface area contributed by atoms with Crippen molar-refractivity contribution in [3.63, 3.8) is 0 Å². The molecule has 2 aromatic heterocycles. The smallest absolute Gasteiger partial charge is 0.358 e. The first kappa shape index (κ1) is 12.5. The lowest BCUT2D eigenvalue weighted by Crippen LogP contribution is -2.15.